The molecule has 0 aromatic heterocycles. The first kappa shape index (κ1) is 16.0. The second kappa shape index (κ2) is 6.91. The average molecular weight is 254 g/mol. The molecule has 0 bridgehead atoms. The number of rotatable bonds is 6. The lowest BCUT2D eigenvalue weighted by molar-refractivity contribution is 0.0959. The highest BCUT2D eigenvalue weighted by atomic mass is 15.1. The van der Waals surface area contributed by atoms with Gasteiger partial charge in [0, 0.05) is 25.2 Å². The molecule has 1 N–H and O–H groups in total. The third-order valence-electron chi connectivity index (χ3n) is 4.30. The molecule has 18 heavy (non-hydrogen) atoms. The van der Waals surface area contributed by atoms with Gasteiger partial charge < -0.3 is 10.2 Å². The number of nitrogens with zero attached hydrogens (tertiary/aromatic N) is 1. The molecular weight excluding hydrogens is 220 g/mol. The zero-order valence-electron chi connectivity index (χ0n) is 13.4. The Bertz CT molecular complexity index is 235. The first-order valence-corrected chi connectivity index (χ1v) is 7.75. The van der Waals surface area contributed by atoms with Gasteiger partial charge in [-0.3, -0.25) is 0 Å². The molecule has 108 valence electrons. The van der Waals surface area contributed by atoms with Crippen molar-refractivity contribution in [2.75, 3.05) is 20.1 Å². The quantitative estimate of drug-likeness (QED) is 0.780. The van der Waals surface area contributed by atoms with Gasteiger partial charge in [-0.2, -0.15) is 0 Å². The number of hydrogen-bond donors (Lipinski definition) is 1. The fraction of sp³-hybridized carbons (Fsp3) is 1.00. The third kappa shape index (κ3) is 5.27. The fourth-order valence-electron chi connectivity index (χ4n) is 3.28. The van der Waals surface area contributed by atoms with Crippen molar-refractivity contribution in [2.24, 2.45) is 11.3 Å². The molecule has 1 fully saturated rings. The third-order valence-corrected chi connectivity index (χ3v) is 4.30. The van der Waals surface area contributed by atoms with E-state index in [1.807, 2.05) is 0 Å². The molecule has 0 saturated heterocycles. The molecule has 0 heterocycles. The van der Waals surface area contributed by atoms with Crippen molar-refractivity contribution in [1.82, 2.24) is 10.2 Å². The zero-order valence-corrected chi connectivity index (χ0v) is 13.4. The Labute approximate surface area is 115 Å². The maximum absolute atomic E-state index is 3.58. The summed E-state index contributed by atoms with van der Waals surface area (Å²) in [6.07, 6.45) is 5.67. The predicted octanol–water partition coefficient (Wildman–Crippen LogP) is 3.52. The minimum atomic E-state index is 0.357. The van der Waals surface area contributed by atoms with Crippen LogP contribution in [0.15, 0.2) is 0 Å². The van der Waals surface area contributed by atoms with Gasteiger partial charge in [0.15, 0.2) is 0 Å². The summed E-state index contributed by atoms with van der Waals surface area (Å²) < 4.78 is 0. The van der Waals surface area contributed by atoms with E-state index in [1.165, 1.54) is 32.2 Å². The second-order valence-corrected chi connectivity index (χ2v) is 7.44. The lowest BCUT2D eigenvalue weighted by Gasteiger charge is -2.40. The van der Waals surface area contributed by atoms with Crippen LogP contribution in [0.4, 0.5) is 0 Å². The van der Waals surface area contributed by atoms with Crippen LogP contribution in [0.25, 0.3) is 0 Å². The van der Waals surface area contributed by atoms with Crippen molar-refractivity contribution < 1.29 is 0 Å². The SMILES string of the molecule is CC(C)NCC(C)(C)CN(C)C1CCCCC1C. The van der Waals surface area contributed by atoms with E-state index in [9.17, 15) is 0 Å². The summed E-state index contributed by atoms with van der Waals surface area (Å²) in [7, 11) is 2.32. The Hall–Kier alpha value is -0.0800. The molecule has 0 aromatic rings. The van der Waals surface area contributed by atoms with Crippen LogP contribution in [0.1, 0.15) is 60.3 Å². The van der Waals surface area contributed by atoms with Crippen LogP contribution in [0.3, 0.4) is 0 Å². The summed E-state index contributed by atoms with van der Waals surface area (Å²) in [5.74, 6) is 0.873. The Morgan fingerprint density at radius 1 is 1.22 bits per heavy atom. The van der Waals surface area contributed by atoms with Crippen molar-refractivity contribution in [3.63, 3.8) is 0 Å². The summed E-state index contributed by atoms with van der Waals surface area (Å²) in [5.41, 5.74) is 0.357. The van der Waals surface area contributed by atoms with Crippen LogP contribution >= 0.6 is 0 Å². The van der Waals surface area contributed by atoms with Gasteiger partial charge >= 0.3 is 0 Å². The number of nitrogens with one attached hydrogen (secondary N) is 1. The smallest absolute Gasteiger partial charge is 0.0118 e. The summed E-state index contributed by atoms with van der Waals surface area (Å²) >= 11 is 0. The van der Waals surface area contributed by atoms with Gasteiger partial charge in [-0.05, 0) is 31.2 Å². The van der Waals surface area contributed by atoms with Gasteiger partial charge in [-0.1, -0.05) is 47.5 Å². The van der Waals surface area contributed by atoms with E-state index >= 15 is 0 Å². The highest BCUT2D eigenvalue weighted by molar-refractivity contribution is 4.84. The monoisotopic (exact) mass is 254 g/mol. The molecule has 0 aromatic carbocycles. The van der Waals surface area contributed by atoms with Crippen LogP contribution in [-0.2, 0) is 0 Å². The van der Waals surface area contributed by atoms with Gasteiger partial charge in [0.2, 0.25) is 0 Å². The Kier molecular flexibility index (Phi) is 6.13. The van der Waals surface area contributed by atoms with Crippen molar-refractivity contribution in [2.45, 2.75) is 72.4 Å². The van der Waals surface area contributed by atoms with Gasteiger partial charge in [-0.25, -0.2) is 0 Å². The molecule has 1 rings (SSSR count). The molecule has 0 amide bonds. The molecular formula is C16H34N2. The van der Waals surface area contributed by atoms with E-state index in [-0.39, 0.29) is 0 Å². The topological polar surface area (TPSA) is 15.3 Å². The van der Waals surface area contributed by atoms with E-state index < -0.39 is 0 Å². The van der Waals surface area contributed by atoms with E-state index in [0.29, 0.717) is 11.5 Å². The normalized spacial score (nSPS) is 26.0. The summed E-state index contributed by atoms with van der Waals surface area (Å²) in [5, 5.41) is 3.58. The molecule has 2 heteroatoms. The minimum absolute atomic E-state index is 0.357. The molecule has 2 unspecified atom stereocenters. The lowest BCUT2D eigenvalue weighted by Crippen LogP contribution is -2.47. The maximum Gasteiger partial charge on any atom is 0.0118 e. The second-order valence-electron chi connectivity index (χ2n) is 7.44. The van der Waals surface area contributed by atoms with Gasteiger partial charge in [0.1, 0.15) is 0 Å². The molecule has 1 aliphatic carbocycles. The van der Waals surface area contributed by atoms with Crippen molar-refractivity contribution in [3.05, 3.63) is 0 Å². The summed E-state index contributed by atoms with van der Waals surface area (Å²) in [6, 6.07) is 1.39. The largest absolute Gasteiger partial charge is 0.314 e. The maximum atomic E-state index is 3.58. The predicted molar refractivity (Wildman–Crippen MR) is 81.0 cm³/mol. The first-order valence-electron chi connectivity index (χ1n) is 7.75. The average Bonchev–Trinajstić information content (AvgIpc) is 2.26. The molecule has 0 spiro atoms. The van der Waals surface area contributed by atoms with Crippen LogP contribution < -0.4 is 5.32 Å². The molecule has 0 radical (unpaired) electrons. The first-order chi connectivity index (χ1) is 8.32. The summed E-state index contributed by atoms with van der Waals surface area (Å²) in [6.45, 7) is 13.9. The van der Waals surface area contributed by atoms with Gasteiger partial charge in [0.25, 0.3) is 0 Å². The van der Waals surface area contributed by atoms with Crippen LogP contribution in [0, 0.1) is 11.3 Å². The molecule has 1 aliphatic rings. The van der Waals surface area contributed by atoms with Crippen molar-refractivity contribution in [1.29, 1.82) is 0 Å². The minimum Gasteiger partial charge on any atom is -0.314 e. The zero-order chi connectivity index (χ0) is 13.8. The molecule has 2 nitrogen and oxygen atoms in total. The van der Waals surface area contributed by atoms with E-state index in [2.05, 4.69) is 51.9 Å². The molecule has 0 aliphatic heterocycles. The van der Waals surface area contributed by atoms with Crippen LogP contribution in [0.5, 0.6) is 0 Å². The van der Waals surface area contributed by atoms with Gasteiger partial charge in [-0.15, -0.1) is 0 Å². The van der Waals surface area contributed by atoms with Gasteiger partial charge in [0.05, 0.1) is 0 Å². The van der Waals surface area contributed by atoms with E-state index in [4.69, 9.17) is 0 Å². The van der Waals surface area contributed by atoms with Crippen molar-refractivity contribution >= 4 is 0 Å². The Morgan fingerprint density at radius 3 is 2.39 bits per heavy atom. The molecule has 2 atom stereocenters. The van der Waals surface area contributed by atoms with Crippen molar-refractivity contribution in [3.8, 4) is 0 Å². The Morgan fingerprint density at radius 2 is 1.83 bits per heavy atom. The summed E-state index contributed by atoms with van der Waals surface area (Å²) in [4.78, 5) is 2.62. The number of hydrogen-bond acceptors (Lipinski definition) is 2. The standard InChI is InChI=1S/C16H34N2/c1-13(2)17-11-16(4,5)12-18(6)15-10-8-7-9-14(15)3/h13-15,17H,7-12H2,1-6H3. The fourth-order valence-corrected chi connectivity index (χ4v) is 3.28. The van der Waals surface area contributed by atoms with Crippen LogP contribution in [0.2, 0.25) is 0 Å². The lowest BCUT2D eigenvalue weighted by atomic mass is 9.83. The molecule has 1 saturated carbocycles. The van der Waals surface area contributed by atoms with E-state index in [0.717, 1.165) is 18.5 Å². The highest BCUT2D eigenvalue weighted by Gasteiger charge is 2.28. The highest BCUT2D eigenvalue weighted by Crippen LogP contribution is 2.29. The van der Waals surface area contributed by atoms with E-state index in [1.54, 1.807) is 0 Å². The van der Waals surface area contributed by atoms with Crippen LogP contribution in [-0.4, -0.2) is 37.1 Å². The Balaban J connectivity index is 2.43.